The van der Waals surface area contributed by atoms with Crippen LogP contribution in [-0.4, -0.2) is 61.5 Å². The third-order valence-electron chi connectivity index (χ3n) is 3.99. The standard InChI is InChI=1S/C17H25N3O4S2/c1-5-20(6-2)16(21)8-7-11-25-17-18-14-12-13(9-10-15(14)24-17)26(22,23)19(3)4/h9-10,12H,5-8,11H2,1-4H3. The Kier molecular flexibility index (Phi) is 7.08. The Morgan fingerprint density at radius 2 is 1.92 bits per heavy atom. The number of nitrogens with zero attached hydrogens (tertiary/aromatic N) is 3. The number of hydrogen-bond acceptors (Lipinski definition) is 6. The van der Waals surface area contributed by atoms with Crippen molar-refractivity contribution < 1.29 is 17.6 Å². The highest BCUT2D eigenvalue weighted by molar-refractivity contribution is 7.99. The van der Waals surface area contributed by atoms with Crippen molar-refractivity contribution in [2.75, 3.05) is 32.9 Å². The van der Waals surface area contributed by atoms with Gasteiger partial charge in [0.05, 0.1) is 4.90 Å². The lowest BCUT2D eigenvalue weighted by atomic mass is 10.3. The molecule has 0 aliphatic rings. The number of sulfonamides is 1. The second kappa shape index (κ2) is 8.88. The topological polar surface area (TPSA) is 83.7 Å². The van der Waals surface area contributed by atoms with Crippen LogP contribution in [0.1, 0.15) is 26.7 Å². The quantitative estimate of drug-likeness (QED) is 0.476. The second-order valence-electron chi connectivity index (χ2n) is 5.91. The number of fused-ring (bicyclic) bond motifs is 1. The van der Waals surface area contributed by atoms with Crippen LogP contribution in [-0.2, 0) is 14.8 Å². The van der Waals surface area contributed by atoms with E-state index in [2.05, 4.69) is 4.98 Å². The highest BCUT2D eigenvalue weighted by Crippen LogP contribution is 2.26. The average molecular weight is 400 g/mol. The Bertz CT molecular complexity index is 858. The maximum Gasteiger partial charge on any atom is 0.256 e. The van der Waals surface area contributed by atoms with Gasteiger partial charge in [0.25, 0.3) is 5.22 Å². The zero-order valence-corrected chi connectivity index (χ0v) is 17.2. The van der Waals surface area contributed by atoms with Crippen molar-refractivity contribution in [3.05, 3.63) is 18.2 Å². The van der Waals surface area contributed by atoms with Crippen molar-refractivity contribution in [3.8, 4) is 0 Å². The highest BCUT2D eigenvalue weighted by atomic mass is 32.2. The van der Waals surface area contributed by atoms with Gasteiger partial charge in [0.1, 0.15) is 5.52 Å². The summed E-state index contributed by atoms with van der Waals surface area (Å²) in [5, 5.41) is 0.481. The van der Waals surface area contributed by atoms with Gasteiger partial charge >= 0.3 is 0 Å². The second-order valence-corrected chi connectivity index (χ2v) is 9.11. The van der Waals surface area contributed by atoms with Gasteiger partial charge in [-0.3, -0.25) is 4.79 Å². The first kappa shape index (κ1) is 20.7. The number of hydrogen-bond donors (Lipinski definition) is 0. The van der Waals surface area contributed by atoms with E-state index in [0.717, 1.165) is 23.8 Å². The van der Waals surface area contributed by atoms with Gasteiger partial charge in [-0.05, 0) is 38.5 Å². The Labute approximate surface area is 158 Å². The van der Waals surface area contributed by atoms with E-state index in [-0.39, 0.29) is 10.8 Å². The summed E-state index contributed by atoms with van der Waals surface area (Å²) in [6, 6.07) is 4.65. The summed E-state index contributed by atoms with van der Waals surface area (Å²) in [6.45, 7) is 5.40. The highest BCUT2D eigenvalue weighted by Gasteiger charge is 2.19. The van der Waals surface area contributed by atoms with E-state index >= 15 is 0 Å². The molecule has 0 aliphatic heterocycles. The summed E-state index contributed by atoms with van der Waals surface area (Å²) < 4.78 is 31.2. The molecule has 9 heteroatoms. The third-order valence-corrected chi connectivity index (χ3v) is 6.72. The van der Waals surface area contributed by atoms with Crippen molar-refractivity contribution in [1.29, 1.82) is 0 Å². The maximum absolute atomic E-state index is 12.2. The van der Waals surface area contributed by atoms with Crippen LogP contribution in [0.2, 0.25) is 0 Å². The molecule has 144 valence electrons. The molecule has 0 spiro atoms. The van der Waals surface area contributed by atoms with E-state index in [1.807, 2.05) is 18.7 Å². The fourth-order valence-electron chi connectivity index (χ4n) is 2.44. The number of aromatic nitrogens is 1. The SMILES string of the molecule is CCN(CC)C(=O)CCCSc1nc2cc(S(=O)(=O)N(C)C)ccc2o1. The van der Waals surface area contributed by atoms with Crippen molar-refractivity contribution in [1.82, 2.24) is 14.2 Å². The van der Waals surface area contributed by atoms with Crippen LogP contribution < -0.4 is 0 Å². The van der Waals surface area contributed by atoms with Gasteiger partial charge in [0.2, 0.25) is 15.9 Å². The Hall–Kier alpha value is -1.58. The monoisotopic (exact) mass is 399 g/mol. The van der Waals surface area contributed by atoms with Crippen LogP contribution >= 0.6 is 11.8 Å². The molecule has 26 heavy (non-hydrogen) atoms. The molecule has 1 amide bonds. The molecule has 0 radical (unpaired) electrons. The molecular weight excluding hydrogens is 374 g/mol. The molecule has 0 bridgehead atoms. The minimum Gasteiger partial charge on any atom is -0.431 e. The number of carbonyl (C=O) groups is 1. The van der Waals surface area contributed by atoms with E-state index in [9.17, 15) is 13.2 Å². The molecule has 0 atom stereocenters. The normalized spacial score (nSPS) is 12.0. The average Bonchev–Trinajstić information content (AvgIpc) is 3.01. The zero-order chi connectivity index (χ0) is 19.3. The fraction of sp³-hybridized carbons (Fsp3) is 0.529. The summed E-state index contributed by atoms with van der Waals surface area (Å²) in [4.78, 5) is 18.3. The molecular formula is C17H25N3O4S2. The van der Waals surface area contributed by atoms with Gasteiger partial charge in [-0.1, -0.05) is 11.8 Å². The molecule has 0 unspecified atom stereocenters. The number of oxazole rings is 1. The summed E-state index contributed by atoms with van der Waals surface area (Å²) in [7, 11) is -0.522. The first-order valence-corrected chi connectivity index (χ1v) is 11.0. The van der Waals surface area contributed by atoms with Crippen molar-refractivity contribution >= 4 is 38.8 Å². The molecule has 2 aromatic rings. The summed E-state index contributed by atoms with van der Waals surface area (Å²) >= 11 is 1.43. The number of amides is 1. The van der Waals surface area contributed by atoms with Gasteiger partial charge in [-0.2, -0.15) is 0 Å². The smallest absolute Gasteiger partial charge is 0.256 e. The van der Waals surface area contributed by atoms with E-state index in [0.29, 0.717) is 28.5 Å². The lowest BCUT2D eigenvalue weighted by Crippen LogP contribution is -2.30. The van der Waals surface area contributed by atoms with E-state index in [4.69, 9.17) is 4.42 Å². The van der Waals surface area contributed by atoms with Crippen LogP contribution in [0.3, 0.4) is 0 Å². The lowest BCUT2D eigenvalue weighted by molar-refractivity contribution is -0.130. The van der Waals surface area contributed by atoms with Gasteiger partial charge in [0, 0.05) is 39.4 Å². The van der Waals surface area contributed by atoms with Crippen molar-refractivity contribution in [2.24, 2.45) is 0 Å². The molecule has 0 N–H and O–H groups in total. The number of carbonyl (C=O) groups excluding carboxylic acids is 1. The minimum absolute atomic E-state index is 0.159. The predicted octanol–water partition coefficient (Wildman–Crippen LogP) is 2.82. The molecule has 0 fully saturated rings. The number of thioether (sulfide) groups is 1. The Morgan fingerprint density at radius 1 is 1.23 bits per heavy atom. The van der Waals surface area contributed by atoms with Crippen LogP contribution in [0.15, 0.2) is 32.7 Å². The summed E-state index contributed by atoms with van der Waals surface area (Å²) in [5.74, 6) is 0.870. The summed E-state index contributed by atoms with van der Waals surface area (Å²) in [6.07, 6.45) is 1.24. The lowest BCUT2D eigenvalue weighted by Gasteiger charge is -2.18. The Morgan fingerprint density at radius 3 is 2.54 bits per heavy atom. The summed E-state index contributed by atoms with van der Waals surface area (Å²) in [5.41, 5.74) is 1.05. The molecule has 2 rings (SSSR count). The van der Waals surface area contributed by atoms with Crippen LogP contribution in [0, 0.1) is 0 Å². The minimum atomic E-state index is -3.50. The molecule has 0 saturated carbocycles. The first-order valence-electron chi connectivity index (χ1n) is 8.53. The van der Waals surface area contributed by atoms with Gasteiger partial charge < -0.3 is 9.32 Å². The van der Waals surface area contributed by atoms with E-state index in [1.165, 1.54) is 38.0 Å². The molecule has 1 heterocycles. The van der Waals surface area contributed by atoms with Crippen molar-refractivity contribution in [3.63, 3.8) is 0 Å². The Balaban J connectivity index is 1.98. The number of benzene rings is 1. The zero-order valence-electron chi connectivity index (χ0n) is 15.6. The largest absolute Gasteiger partial charge is 0.431 e. The predicted molar refractivity (Wildman–Crippen MR) is 103 cm³/mol. The molecule has 1 aromatic carbocycles. The maximum atomic E-state index is 12.2. The first-order chi connectivity index (χ1) is 12.3. The third kappa shape index (κ3) is 4.77. The van der Waals surface area contributed by atoms with Gasteiger partial charge in [-0.15, -0.1) is 0 Å². The van der Waals surface area contributed by atoms with E-state index < -0.39 is 10.0 Å². The molecule has 0 aliphatic carbocycles. The van der Waals surface area contributed by atoms with Crippen LogP contribution in [0.25, 0.3) is 11.1 Å². The van der Waals surface area contributed by atoms with Crippen LogP contribution in [0.5, 0.6) is 0 Å². The molecule has 1 aromatic heterocycles. The van der Waals surface area contributed by atoms with Crippen LogP contribution in [0.4, 0.5) is 0 Å². The van der Waals surface area contributed by atoms with Gasteiger partial charge in [0.15, 0.2) is 5.58 Å². The van der Waals surface area contributed by atoms with Crippen molar-refractivity contribution in [2.45, 2.75) is 36.8 Å². The number of rotatable bonds is 9. The fourth-order valence-corrected chi connectivity index (χ4v) is 4.13. The van der Waals surface area contributed by atoms with Gasteiger partial charge in [-0.25, -0.2) is 17.7 Å². The molecule has 0 saturated heterocycles. The van der Waals surface area contributed by atoms with E-state index in [1.54, 1.807) is 6.07 Å². The molecule has 7 nitrogen and oxygen atoms in total.